The molecule has 0 aliphatic carbocycles. The minimum atomic E-state index is -0.538. The monoisotopic (exact) mass is 335 g/mol. The van der Waals surface area contributed by atoms with Crippen LogP contribution in [0.1, 0.15) is 44.2 Å². The second-order valence-corrected chi connectivity index (χ2v) is 7.24. The van der Waals surface area contributed by atoms with Crippen LogP contribution in [0, 0.1) is 5.92 Å². The van der Waals surface area contributed by atoms with Gasteiger partial charge in [0, 0.05) is 6.54 Å². The van der Waals surface area contributed by atoms with Crippen molar-refractivity contribution < 1.29 is 4.79 Å². The molecule has 1 saturated heterocycles. The Kier molecular flexibility index (Phi) is 5.70. The lowest BCUT2D eigenvalue weighted by Gasteiger charge is -2.38. The molecule has 0 spiro atoms. The molecule has 0 saturated carbocycles. The molecule has 1 heterocycles. The maximum atomic E-state index is 13.2. The molecule has 0 radical (unpaired) electrons. The third-order valence-corrected chi connectivity index (χ3v) is 5.73. The first-order valence-corrected chi connectivity index (χ1v) is 9.54. The number of hydrogen-bond donors (Lipinski definition) is 0. The van der Waals surface area contributed by atoms with Crippen LogP contribution in [0.3, 0.4) is 0 Å². The summed E-state index contributed by atoms with van der Waals surface area (Å²) in [6.45, 7) is 7.25. The lowest BCUT2D eigenvalue weighted by atomic mass is 9.63. The number of hydrogen-bond acceptors (Lipinski definition) is 2. The molecule has 132 valence electrons. The Bertz CT molecular complexity index is 640. The van der Waals surface area contributed by atoms with E-state index in [1.54, 1.807) is 6.92 Å². The van der Waals surface area contributed by atoms with Crippen LogP contribution < -0.4 is 0 Å². The van der Waals surface area contributed by atoms with E-state index in [2.05, 4.69) is 60.4 Å². The number of carbonyl (C=O) groups is 1. The summed E-state index contributed by atoms with van der Waals surface area (Å²) in [6, 6.07) is 20.8. The zero-order valence-corrected chi connectivity index (χ0v) is 15.4. The largest absolute Gasteiger partial charge is 0.303 e. The molecule has 3 rings (SSSR count). The summed E-state index contributed by atoms with van der Waals surface area (Å²) >= 11 is 0. The van der Waals surface area contributed by atoms with Crippen LogP contribution in [-0.4, -0.2) is 30.3 Å². The minimum Gasteiger partial charge on any atom is -0.303 e. The Labute approximate surface area is 151 Å². The van der Waals surface area contributed by atoms with Crippen molar-refractivity contribution in [1.82, 2.24) is 4.90 Å². The molecular formula is C23H29NO. The van der Waals surface area contributed by atoms with Crippen molar-refractivity contribution in [2.45, 2.75) is 38.5 Å². The van der Waals surface area contributed by atoms with Crippen LogP contribution in [0.25, 0.3) is 0 Å². The zero-order valence-electron chi connectivity index (χ0n) is 15.4. The predicted molar refractivity (Wildman–Crippen MR) is 104 cm³/mol. The fraction of sp³-hybridized carbons (Fsp3) is 0.435. The van der Waals surface area contributed by atoms with Crippen molar-refractivity contribution in [3.05, 3.63) is 71.8 Å². The standard InChI is InChI=1S/C23H29NO/c1-3-4-16-24-17-15-22(18-24)23(19(2)25,20-11-7-5-8-12-20)21-13-9-6-10-14-21/h5-14,22H,3-4,15-18H2,1-2H3. The van der Waals surface area contributed by atoms with Gasteiger partial charge in [0.05, 0.1) is 5.41 Å². The van der Waals surface area contributed by atoms with Gasteiger partial charge in [-0.2, -0.15) is 0 Å². The SMILES string of the molecule is CCCCN1CCC(C(C(C)=O)(c2ccccc2)c2ccccc2)C1. The highest BCUT2D eigenvalue weighted by Crippen LogP contribution is 2.44. The van der Waals surface area contributed by atoms with E-state index in [1.165, 1.54) is 12.8 Å². The van der Waals surface area contributed by atoms with Gasteiger partial charge in [0.1, 0.15) is 5.78 Å². The number of Topliss-reactive ketones (excluding diaryl/α,β-unsaturated/α-hetero) is 1. The Morgan fingerprint density at radius 2 is 1.60 bits per heavy atom. The summed E-state index contributed by atoms with van der Waals surface area (Å²) in [4.78, 5) is 15.7. The number of ketones is 1. The van der Waals surface area contributed by atoms with Crippen molar-refractivity contribution in [3.63, 3.8) is 0 Å². The van der Waals surface area contributed by atoms with Crippen molar-refractivity contribution >= 4 is 5.78 Å². The maximum absolute atomic E-state index is 13.2. The third kappa shape index (κ3) is 3.41. The molecule has 2 nitrogen and oxygen atoms in total. The number of unbranched alkanes of at least 4 members (excludes halogenated alkanes) is 1. The maximum Gasteiger partial charge on any atom is 0.145 e. The number of rotatable bonds is 7. The summed E-state index contributed by atoms with van der Waals surface area (Å²) in [5.41, 5.74) is 1.73. The number of nitrogens with zero attached hydrogens (tertiary/aromatic N) is 1. The predicted octanol–water partition coefficient (Wildman–Crippen LogP) is 4.68. The molecule has 0 bridgehead atoms. The fourth-order valence-corrected chi connectivity index (χ4v) is 4.51. The van der Waals surface area contributed by atoms with E-state index in [9.17, 15) is 4.79 Å². The van der Waals surface area contributed by atoms with Crippen LogP contribution in [0.4, 0.5) is 0 Å². The molecule has 0 amide bonds. The van der Waals surface area contributed by atoms with Crippen molar-refractivity contribution in [1.29, 1.82) is 0 Å². The Balaban J connectivity index is 2.05. The third-order valence-electron chi connectivity index (χ3n) is 5.73. The van der Waals surface area contributed by atoms with Gasteiger partial charge in [-0.05, 0) is 49.9 Å². The first kappa shape index (κ1) is 17.9. The lowest BCUT2D eigenvalue weighted by molar-refractivity contribution is -0.122. The lowest BCUT2D eigenvalue weighted by Crippen LogP contribution is -2.44. The number of benzene rings is 2. The van der Waals surface area contributed by atoms with E-state index in [0.717, 1.165) is 37.2 Å². The first-order valence-electron chi connectivity index (χ1n) is 9.54. The fourth-order valence-electron chi connectivity index (χ4n) is 4.51. The Morgan fingerprint density at radius 3 is 2.08 bits per heavy atom. The van der Waals surface area contributed by atoms with Crippen LogP contribution in [-0.2, 0) is 10.2 Å². The first-order chi connectivity index (χ1) is 12.2. The van der Waals surface area contributed by atoms with Crippen LogP contribution >= 0.6 is 0 Å². The molecule has 2 heteroatoms. The van der Waals surface area contributed by atoms with Gasteiger partial charge in [-0.1, -0.05) is 74.0 Å². The highest BCUT2D eigenvalue weighted by atomic mass is 16.1. The summed E-state index contributed by atoms with van der Waals surface area (Å²) in [5.74, 6) is 0.582. The quantitative estimate of drug-likeness (QED) is 0.732. The highest BCUT2D eigenvalue weighted by Gasteiger charge is 2.48. The van der Waals surface area contributed by atoms with Crippen LogP contribution in [0.5, 0.6) is 0 Å². The van der Waals surface area contributed by atoms with E-state index >= 15 is 0 Å². The van der Waals surface area contributed by atoms with Gasteiger partial charge in [-0.3, -0.25) is 4.79 Å². The van der Waals surface area contributed by atoms with E-state index in [1.807, 2.05) is 12.1 Å². The average molecular weight is 335 g/mol. The summed E-state index contributed by atoms with van der Waals surface area (Å²) in [6.07, 6.45) is 3.53. The molecule has 1 aliphatic heterocycles. The van der Waals surface area contributed by atoms with Gasteiger partial charge in [-0.15, -0.1) is 0 Å². The summed E-state index contributed by atoms with van der Waals surface area (Å²) in [7, 11) is 0. The second kappa shape index (κ2) is 7.97. The molecule has 1 aliphatic rings. The van der Waals surface area contributed by atoms with Crippen LogP contribution in [0.2, 0.25) is 0 Å². The van der Waals surface area contributed by atoms with Crippen molar-refractivity contribution in [3.8, 4) is 0 Å². The topological polar surface area (TPSA) is 20.3 Å². The van der Waals surface area contributed by atoms with E-state index in [4.69, 9.17) is 0 Å². The van der Waals surface area contributed by atoms with E-state index < -0.39 is 5.41 Å². The molecule has 1 atom stereocenters. The van der Waals surface area contributed by atoms with Gasteiger partial charge in [0.15, 0.2) is 0 Å². The Hall–Kier alpha value is -1.93. The molecule has 1 unspecified atom stereocenters. The van der Waals surface area contributed by atoms with Crippen molar-refractivity contribution in [2.75, 3.05) is 19.6 Å². The molecule has 0 aromatic heterocycles. The summed E-state index contributed by atoms with van der Waals surface area (Å²) in [5, 5.41) is 0. The molecule has 1 fully saturated rings. The van der Waals surface area contributed by atoms with Gasteiger partial charge < -0.3 is 4.90 Å². The molecule has 0 N–H and O–H groups in total. The zero-order chi connectivity index (χ0) is 17.7. The second-order valence-electron chi connectivity index (χ2n) is 7.24. The van der Waals surface area contributed by atoms with Gasteiger partial charge >= 0.3 is 0 Å². The molecule has 25 heavy (non-hydrogen) atoms. The van der Waals surface area contributed by atoms with Crippen molar-refractivity contribution in [2.24, 2.45) is 5.92 Å². The van der Waals surface area contributed by atoms with Crippen LogP contribution in [0.15, 0.2) is 60.7 Å². The highest BCUT2D eigenvalue weighted by molar-refractivity contribution is 5.92. The van der Waals surface area contributed by atoms with Gasteiger partial charge in [0.25, 0.3) is 0 Å². The molecule has 2 aromatic rings. The normalized spacial score (nSPS) is 18.4. The number of likely N-dealkylation sites (tertiary alicyclic amines) is 1. The van der Waals surface area contributed by atoms with E-state index in [0.29, 0.717) is 5.92 Å². The number of carbonyl (C=O) groups excluding carboxylic acids is 1. The Morgan fingerprint density at radius 1 is 1.04 bits per heavy atom. The average Bonchev–Trinajstić information content (AvgIpc) is 3.11. The minimum absolute atomic E-state index is 0.257. The summed E-state index contributed by atoms with van der Waals surface area (Å²) < 4.78 is 0. The van der Waals surface area contributed by atoms with E-state index in [-0.39, 0.29) is 5.78 Å². The van der Waals surface area contributed by atoms with Gasteiger partial charge in [-0.25, -0.2) is 0 Å². The smallest absolute Gasteiger partial charge is 0.145 e. The molecule has 2 aromatic carbocycles. The van der Waals surface area contributed by atoms with Gasteiger partial charge in [0.2, 0.25) is 0 Å². The molecular weight excluding hydrogens is 306 g/mol.